The van der Waals surface area contributed by atoms with E-state index < -0.39 is 5.82 Å². The summed E-state index contributed by atoms with van der Waals surface area (Å²) in [6.07, 6.45) is 0. The number of imidazole rings is 1. The number of aromatic nitrogens is 2. The lowest BCUT2D eigenvalue weighted by molar-refractivity contribution is 0.386. The van der Waals surface area contributed by atoms with Gasteiger partial charge in [-0.05, 0) is 32.0 Å². The van der Waals surface area contributed by atoms with Crippen molar-refractivity contribution in [3.8, 4) is 17.0 Å². The molecule has 0 fully saturated rings. The number of ether oxygens (including phenoxy) is 1. The number of hydrogen-bond acceptors (Lipinski definition) is 3. The van der Waals surface area contributed by atoms with E-state index in [-0.39, 0.29) is 17.7 Å². The van der Waals surface area contributed by atoms with Gasteiger partial charge in [-0.15, -0.1) is 0 Å². The van der Waals surface area contributed by atoms with Crippen molar-refractivity contribution in [1.29, 1.82) is 0 Å². The summed E-state index contributed by atoms with van der Waals surface area (Å²) in [7, 11) is 1.44. The van der Waals surface area contributed by atoms with Crippen molar-refractivity contribution < 1.29 is 9.13 Å². The molecule has 2 aromatic rings. The lowest BCUT2D eigenvalue weighted by Crippen LogP contribution is -2.10. The Morgan fingerprint density at radius 1 is 1.24 bits per heavy atom. The molecule has 0 aliphatic heterocycles. The van der Waals surface area contributed by atoms with Gasteiger partial charge in [0, 0.05) is 17.5 Å². The molecular weight excluding hydrogens is 269 g/mol. The molecule has 1 aromatic carbocycles. The molecule has 5 heteroatoms. The summed E-state index contributed by atoms with van der Waals surface area (Å²) < 4.78 is 20.8. The van der Waals surface area contributed by atoms with E-state index in [0.717, 1.165) is 5.82 Å². The molecule has 0 aliphatic rings. The van der Waals surface area contributed by atoms with Crippen LogP contribution in [0.15, 0.2) is 18.2 Å². The van der Waals surface area contributed by atoms with Gasteiger partial charge in [0.25, 0.3) is 0 Å². The summed E-state index contributed by atoms with van der Waals surface area (Å²) in [6, 6.07) is 4.97. The molecule has 0 bridgehead atoms. The zero-order chi connectivity index (χ0) is 15.7. The molecule has 2 N–H and O–H groups in total. The topological polar surface area (TPSA) is 53.1 Å². The molecule has 0 atom stereocenters. The molecule has 0 aliphatic carbocycles. The normalized spacial score (nSPS) is 11.4. The van der Waals surface area contributed by atoms with Crippen LogP contribution < -0.4 is 10.5 Å². The largest absolute Gasteiger partial charge is 0.494 e. The monoisotopic (exact) mass is 291 g/mol. The van der Waals surface area contributed by atoms with E-state index in [1.807, 2.05) is 4.57 Å². The highest BCUT2D eigenvalue weighted by Crippen LogP contribution is 2.33. The number of benzene rings is 1. The Morgan fingerprint density at radius 3 is 2.33 bits per heavy atom. The molecule has 1 heterocycles. The second-order valence-electron chi connectivity index (χ2n) is 5.67. The van der Waals surface area contributed by atoms with E-state index >= 15 is 0 Å². The Balaban J connectivity index is 2.59. The molecule has 1 aromatic heterocycles. The smallest absolute Gasteiger partial charge is 0.165 e. The minimum Gasteiger partial charge on any atom is -0.494 e. The van der Waals surface area contributed by atoms with Gasteiger partial charge >= 0.3 is 0 Å². The number of nitrogens with zero attached hydrogens (tertiary/aromatic N) is 2. The first-order chi connectivity index (χ1) is 9.86. The fourth-order valence-corrected chi connectivity index (χ4v) is 2.44. The zero-order valence-corrected chi connectivity index (χ0v) is 13.1. The standard InChI is InChI=1S/C16H22FN3O/c1-9(2)16-19-14(15(18)20(16)10(3)4)11-6-7-13(21-5)12(17)8-11/h6-10H,18H2,1-5H3. The summed E-state index contributed by atoms with van der Waals surface area (Å²) >= 11 is 0. The Hall–Kier alpha value is -2.04. The number of rotatable bonds is 4. The van der Waals surface area contributed by atoms with Gasteiger partial charge in [0.2, 0.25) is 0 Å². The maximum atomic E-state index is 13.9. The van der Waals surface area contributed by atoms with E-state index in [0.29, 0.717) is 17.1 Å². The zero-order valence-electron chi connectivity index (χ0n) is 13.1. The predicted molar refractivity (Wildman–Crippen MR) is 83.1 cm³/mol. The third kappa shape index (κ3) is 2.73. The van der Waals surface area contributed by atoms with Crippen molar-refractivity contribution in [3.05, 3.63) is 29.8 Å². The van der Waals surface area contributed by atoms with E-state index in [2.05, 4.69) is 32.7 Å². The minimum absolute atomic E-state index is 0.201. The molecule has 0 spiro atoms. The van der Waals surface area contributed by atoms with Crippen molar-refractivity contribution in [2.45, 2.75) is 39.7 Å². The average molecular weight is 291 g/mol. The SMILES string of the molecule is COc1ccc(-c2nc(C(C)C)n(C(C)C)c2N)cc1F. The summed E-state index contributed by atoms with van der Waals surface area (Å²) in [5.74, 6) is 1.52. The number of nitrogen functional groups attached to an aromatic ring is 1. The number of hydrogen-bond donors (Lipinski definition) is 1. The van der Waals surface area contributed by atoms with E-state index in [1.165, 1.54) is 13.2 Å². The number of nitrogens with two attached hydrogens (primary N) is 1. The van der Waals surface area contributed by atoms with Gasteiger partial charge in [-0.2, -0.15) is 0 Å². The Morgan fingerprint density at radius 2 is 1.90 bits per heavy atom. The molecule has 2 rings (SSSR count). The van der Waals surface area contributed by atoms with Crippen LogP contribution in [0.25, 0.3) is 11.3 Å². The summed E-state index contributed by atoms with van der Waals surface area (Å²) in [6.45, 7) is 8.25. The third-order valence-electron chi connectivity index (χ3n) is 3.43. The fourth-order valence-electron chi connectivity index (χ4n) is 2.44. The van der Waals surface area contributed by atoms with Crippen LogP contribution in [0, 0.1) is 5.82 Å². The van der Waals surface area contributed by atoms with Crippen LogP contribution in [0.1, 0.15) is 45.5 Å². The molecule has 4 nitrogen and oxygen atoms in total. The second-order valence-corrected chi connectivity index (χ2v) is 5.67. The Kier molecular flexibility index (Phi) is 4.21. The van der Waals surface area contributed by atoms with Crippen LogP contribution in [-0.4, -0.2) is 16.7 Å². The van der Waals surface area contributed by atoms with Gasteiger partial charge in [-0.3, -0.25) is 0 Å². The van der Waals surface area contributed by atoms with Gasteiger partial charge in [0.15, 0.2) is 11.6 Å². The van der Waals surface area contributed by atoms with Crippen molar-refractivity contribution >= 4 is 5.82 Å². The van der Waals surface area contributed by atoms with Crippen molar-refractivity contribution in [2.75, 3.05) is 12.8 Å². The van der Waals surface area contributed by atoms with Crippen LogP contribution in [0.5, 0.6) is 5.75 Å². The highest BCUT2D eigenvalue weighted by atomic mass is 19.1. The Bertz CT molecular complexity index is 647. The predicted octanol–water partition coefficient (Wildman–Crippen LogP) is 3.98. The van der Waals surface area contributed by atoms with Gasteiger partial charge in [-0.25, -0.2) is 9.37 Å². The first kappa shape index (κ1) is 15.4. The molecule has 0 saturated carbocycles. The number of anilines is 1. The maximum absolute atomic E-state index is 13.9. The number of halogens is 1. The third-order valence-corrected chi connectivity index (χ3v) is 3.43. The van der Waals surface area contributed by atoms with Crippen molar-refractivity contribution in [2.24, 2.45) is 0 Å². The molecule has 0 saturated heterocycles. The molecular formula is C16H22FN3O. The molecule has 0 amide bonds. The van der Waals surface area contributed by atoms with Crippen molar-refractivity contribution in [1.82, 2.24) is 9.55 Å². The van der Waals surface area contributed by atoms with Crippen LogP contribution >= 0.6 is 0 Å². The lowest BCUT2D eigenvalue weighted by atomic mass is 10.1. The Labute approximate surface area is 124 Å². The van der Waals surface area contributed by atoms with E-state index in [9.17, 15) is 4.39 Å². The van der Waals surface area contributed by atoms with Gasteiger partial charge in [0.05, 0.1) is 7.11 Å². The summed E-state index contributed by atoms with van der Waals surface area (Å²) in [5.41, 5.74) is 7.52. The fraction of sp³-hybridized carbons (Fsp3) is 0.438. The van der Waals surface area contributed by atoms with Gasteiger partial charge < -0.3 is 15.0 Å². The highest BCUT2D eigenvalue weighted by molar-refractivity contribution is 5.72. The van der Waals surface area contributed by atoms with Crippen molar-refractivity contribution in [3.63, 3.8) is 0 Å². The van der Waals surface area contributed by atoms with E-state index in [1.54, 1.807) is 12.1 Å². The number of methoxy groups -OCH3 is 1. The second kappa shape index (κ2) is 5.76. The average Bonchev–Trinajstić information content (AvgIpc) is 2.76. The van der Waals surface area contributed by atoms with E-state index in [4.69, 9.17) is 10.5 Å². The van der Waals surface area contributed by atoms with Gasteiger partial charge in [-0.1, -0.05) is 13.8 Å². The van der Waals surface area contributed by atoms with Crippen LogP contribution in [0.2, 0.25) is 0 Å². The van der Waals surface area contributed by atoms with Crippen LogP contribution in [0.3, 0.4) is 0 Å². The quantitative estimate of drug-likeness (QED) is 0.926. The maximum Gasteiger partial charge on any atom is 0.165 e. The molecule has 0 unspecified atom stereocenters. The molecule has 21 heavy (non-hydrogen) atoms. The van der Waals surface area contributed by atoms with Crippen LogP contribution in [-0.2, 0) is 0 Å². The summed E-state index contributed by atoms with van der Waals surface area (Å²) in [5, 5.41) is 0. The minimum atomic E-state index is -0.417. The molecule has 0 radical (unpaired) electrons. The summed E-state index contributed by atoms with van der Waals surface area (Å²) in [4.78, 5) is 4.63. The first-order valence-electron chi connectivity index (χ1n) is 7.08. The van der Waals surface area contributed by atoms with Crippen LogP contribution in [0.4, 0.5) is 10.2 Å². The van der Waals surface area contributed by atoms with Gasteiger partial charge in [0.1, 0.15) is 17.3 Å². The first-order valence-corrected chi connectivity index (χ1v) is 7.08. The molecule has 114 valence electrons. The lowest BCUT2D eigenvalue weighted by Gasteiger charge is -2.15. The highest BCUT2D eigenvalue weighted by Gasteiger charge is 2.20.